The lowest BCUT2D eigenvalue weighted by molar-refractivity contribution is -0.123. The van der Waals surface area contributed by atoms with Crippen molar-refractivity contribution in [3.05, 3.63) is 53.1 Å². The topological polar surface area (TPSA) is 97.4 Å². The molecule has 6 rings (SSSR count). The number of carbonyl (C=O) groups excluding carboxylic acids is 1. The highest BCUT2D eigenvalue weighted by atomic mass is 32.2. The van der Waals surface area contributed by atoms with E-state index >= 15 is 0 Å². The van der Waals surface area contributed by atoms with Crippen LogP contribution in [0.3, 0.4) is 0 Å². The molecule has 10 heteroatoms. The van der Waals surface area contributed by atoms with Crippen LogP contribution in [0.25, 0.3) is 0 Å². The molecule has 2 aromatic rings. The average molecular weight is 544 g/mol. The Balaban J connectivity index is 1.60. The van der Waals surface area contributed by atoms with Gasteiger partial charge in [0.1, 0.15) is 5.75 Å². The Hall–Kier alpha value is -2.82. The summed E-state index contributed by atoms with van der Waals surface area (Å²) in [7, 11) is -2.20. The van der Waals surface area contributed by atoms with Gasteiger partial charge in [0.05, 0.1) is 19.8 Å². The molecule has 6 bridgehead atoms. The zero-order valence-corrected chi connectivity index (χ0v) is 23.2. The van der Waals surface area contributed by atoms with Crippen LogP contribution >= 0.6 is 0 Å². The Morgan fingerprint density at radius 1 is 1.08 bits per heavy atom. The fraction of sp³-hybridized carbons (Fsp3) is 0.536. The number of rotatable bonds is 3. The van der Waals surface area contributed by atoms with Crippen LogP contribution in [-0.4, -0.2) is 69.4 Å². The first-order chi connectivity index (χ1) is 18.2. The summed E-state index contributed by atoms with van der Waals surface area (Å²) in [4.78, 5) is 12.3. The van der Waals surface area contributed by atoms with Crippen LogP contribution in [0.2, 0.25) is 0 Å². The normalized spacial score (nSPS) is 22.7. The summed E-state index contributed by atoms with van der Waals surface area (Å²) in [5.74, 6) is 1.37. The summed E-state index contributed by atoms with van der Waals surface area (Å²) < 4.78 is 49.0. The minimum absolute atomic E-state index is 0.134. The molecular formula is C28H37N3O6S. The van der Waals surface area contributed by atoms with Crippen LogP contribution in [0.4, 0.5) is 0 Å². The van der Waals surface area contributed by atoms with Gasteiger partial charge in [-0.05, 0) is 72.1 Å². The quantitative estimate of drug-likeness (QED) is 0.638. The fourth-order valence-corrected chi connectivity index (χ4v) is 7.16. The third kappa shape index (κ3) is 5.48. The Morgan fingerprint density at radius 2 is 1.87 bits per heavy atom. The summed E-state index contributed by atoms with van der Waals surface area (Å²) in [5.41, 5.74) is 2.78. The molecule has 1 amide bonds. The first-order valence-corrected chi connectivity index (χ1v) is 14.7. The van der Waals surface area contributed by atoms with E-state index in [2.05, 4.69) is 19.2 Å². The molecular weight excluding hydrogens is 506 g/mol. The Labute approximate surface area is 225 Å². The van der Waals surface area contributed by atoms with Crippen molar-refractivity contribution in [2.45, 2.75) is 45.6 Å². The van der Waals surface area contributed by atoms with Crippen molar-refractivity contribution in [1.29, 1.82) is 0 Å². The molecule has 4 aliphatic heterocycles. The molecule has 4 heterocycles. The molecule has 1 N–H and O–H groups in total. The number of benzene rings is 2. The third-order valence-electron chi connectivity index (χ3n) is 7.75. The van der Waals surface area contributed by atoms with Gasteiger partial charge in [-0.3, -0.25) is 4.79 Å². The molecule has 38 heavy (non-hydrogen) atoms. The standard InChI is InChI=1S/C28H37N3O6S/c1-28(2)9-13-30(14-10-28)38(33,34)31-12-8-20-17-25-24(35-3)18-23(20)27(31)21-6-4-7-22(16-21)36-15-5-11-29-26(32)19-37-25/h4,6-7,16-18,27H,5,8-15,19H2,1-3H3,(H,29,32). The van der Waals surface area contributed by atoms with E-state index in [0.717, 1.165) is 29.5 Å². The van der Waals surface area contributed by atoms with Crippen LogP contribution in [0.1, 0.15) is 55.8 Å². The maximum atomic E-state index is 14.1. The van der Waals surface area contributed by atoms with Crippen molar-refractivity contribution < 1.29 is 27.4 Å². The molecule has 1 unspecified atom stereocenters. The predicted molar refractivity (Wildman–Crippen MR) is 144 cm³/mol. The molecule has 9 nitrogen and oxygen atoms in total. The van der Waals surface area contributed by atoms with Gasteiger partial charge in [-0.15, -0.1) is 0 Å². The first-order valence-electron chi connectivity index (χ1n) is 13.3. The average Bonchev–Trinajstić information content (AvgIpc) is 2.89. The van der Waals surface area contributed by atoms with Crippen molar-refractivity contribution in [2.24, 2.45) is 5.41 Å². The highest BCUT2D eigenvalue weighted by molar-refractivity contribution is 7.86. The number of methoxy groups -OCH3 is 1. The lowest BCUT2D eigenvalue weighted by atomic mass is 9.83. The molecule has 0 spiro atoms. The van der Waals surface area contributed by atoms with Crippen molar-refractivity contribution in [2.75, 3.05) is 46.5 Å². The monoisotopic (exact) mass is 543 g/mol. The lowest BCUT2D eigenvalue weighted by Crippen LogP contribution is -2.51. The van der Waals surface area contributed by atoms with Crippen molar-refractivity contribution >= 4 is 16.1 Å². The summed E-state index contributed by atoms with van der Waals surface area (Å²) in [6, 6.07) is 10.8. The highest BCUT2D eigenvalue weighted by Gasteiger charge is 2.42. The number of nitrogens with zero attached hydrogens (tertiary/aromatic N) is 2. The van der Waals surface area contributed by atoms with E-state index in [-0.39, 0.29) is 17.9 Å². The second-order valence-electron chi connectivity index (χ2n) is 10.9. The number of piperidine rings is 1. The summed E-state index contributed by atoms with van der Waals surface area (Å²) >= 11 is 0. The summed E-state index contributed by atoms with van der Waals surface area (Å²) in [6.45, 7) is 6.48. The van der Waals surface area contributed by atoms with Gasteiger partial charge in [0, 0.05) is 26.2 Å². The molecule has 206 valence electrons. The summed E-state index contributed by atoms with van der Waals surface area (Å²) in [5, 5.41) is 2.84. The number of amides is 1. The van der Waals surface area contributed by atoms with Crippen LogP contribution < -0.4 is 19.5 Å². The maximum absolute atomic E-state index is 14.1. The molecule has 0 saturated carbocycles. The largest absolute Gasteiger partial charge is 0.494 e. The Bertz CT molecular complexity index is 1290. The fourth-order valence-electron chi connectivity index (χ4n) is 5.40. The van der Waals surface area contributed by atoms with Crippen molar-refractivity contribution in [1.82, 2.24) is 13.9 Å². The summed E-state index contributed by atoms with van der Waals surface area (Å²) in [6.07, 6.45) is 2.80. The van der Waals surface area contributed by atoms with Gasteiger partial charge < -0.3 is 19.5 Å². The first kappa shape index (κ1) is 26.8. The Kier molecular flexibility index (Phi) is 7.57. The van der Waals surface area contributed by atoms with Crippen molar-refractivity contribution in [3.63, 3.8) is 0 Å². The molecule has 4 aliphatic rings. The molecule has 1 atom stereocenters. The number of carbonyl (C=O) groups is 1. The van der Waals surface area contributed by atoms with Gasteiger partial charge in [-0.2, -0.15) is 17.0 Å². The zero-order chi connectivity index (χ0) is 26.9. The van der Waals surface area contributed by atoms with E-state index in [4.69, 9.17) is 14.2 Å². The number of nitrogens with one attached hydrogen (secondary N) is 1. The van der Waals surface area contributed by atoms with Crippen molar-refractivity contribution in [3.8, 4) is 17.2 Å². The van der Waals surface area contributed by atoms with E-state index in [0.29, 0.717) is 62.9 Å². The number of hydrogen-bond donors (Lipinski definition) is 1. The van der Waals surface area contributed by atoms with Gasteiger partial charge in [0.2, 0.25) is 0 Å². The van der Waals surface area contributed by atoms with E-state index in [1.54, 1.807) is 15.7 Å². The minimum Gasteiger partial charge on any atom is -0.494 e. The third-order valence-corrected chi connectivity index (χ3v) is 9.76. The molecule has 0 aliphatic carbocycles. The predicted octanol–water partition coefficient (Wildman–Crippen LogP) is 3.29. The Morgan fingerprint density at radius 3 is 2.63 bits per heavy atom. The van der Waals surface area contributed by atoms with Crippen LogP contribution in [0.5, 0.6) is 17.2 Å². The van der Waals surface area contributed by atoms with E-state index < -0.39 is 16.3 Å². The molecule has 2 aromatic carbocycles. The molecule has 1 saturated heterocycles. The molecule has 0 aromatic heterocycles. The molecule has 0 radical (unpaired) electrons. The number of hydrogen-bond acceptors (Lipinski definition) is 6. The van der Waals surface area contributed by atoms with Crippen LogP contribution in [-0.2, 0) is 21.4 Å². The highest BCUT2D eigenvalue weighted by Crippen LogP contribution is 2.44. The minimum atomic E-state index is -3.75. The zero-order valence-electron chi connectivity index (χ0n) is 22.4. The number of ether oxygens (including phenoxy) is 3. The number of fused-ring (bicyclic) bond motifs is 8. The van der Waals surface area contributed by atoms with Gasteiger partial charge in [0.15, 0.2) is 18.1 Å². The second kappa shape index (κ2) is 10.7. The van der Waals surface area contributed by atoms with Gasteiger partial charge in [-0.25, -0.2) is 0 Å². The van der Waals surface area contributed by atoms with Gasteiger partial charge in [0.25, 0.3) is 16.1 Å². The maximum Gasteiger partial charge on any atom is 0.282 e. The second-order valence-corrected chi connectivity index (χ2v) is 12.8. The smallest absolute Gasteiger partial charge is 0.282 e. The lowest BCUT2D eigenvalue weighted by Gasteiger charge is -2.42. The van der Waals surface area contributed by atoms with E-state index in [9.17, 15) is 13.2 Å². The van der Waals surface area contributed by atoms with Crippen LogP contribution in [0.15, 0.2) is 36.4 Å². The van der Waals surface area contributed by atoms with Crippen LogP contribution in [0, 0.1) is 5.41 Å². The van der Waals surface area contributed by atoms with Gasteiger partial charge in [-0.1, -0.05) is 26.0 Å². The van der Waals surface area contributed by atoms with E-state index in [1.165, 1.54) is 0 Å². The SMILES string of the molecule is COc1cc2c3cc1OCC(=O)NCCCOc1cccc(c1)C2N(S(=O)(=O)N1CCC(C)(C)CC1)CC3. The van der Waals surface area contributed by atoms with E-state index in [1.807, 2.05) is 36.4 Å². The molecule has 1 fully saturated rings. The van der Waals surface area contributed by atoms with Gasteiger partial charge >= 0.3 is 0 Å².